The largest absolute Gasteiger partial charge is 0.316 e. The minimum atomic E-state index is 0.630. The van der Waals surface area contributed by atoms with Crippen LogP contribution in [0.1, 0.15) is 25.7 Å². The summed E-state index contributed by atoms with van der Waals surface area (Å²) >= 11 is 1.86. The molecule has 0 radical (unpaired) electrons. The smallest absolute Gasteiger partial charge is 0.115 e. The van der Waals surface area contributed by atoms with E-state index in [0.717, 1.165) is 5.03 Å². The van der Waals surface area contributed by atoms with Crippen molar-refractivity contribution in [2.24, 2.45) is 0 Å². The number of hydrogen-bond acceptors (Lipinski definition) is 4. The van der Waals surface area contributed by atoms with Crippen LogP contribution in [-0.4, -0.2) is 28.3 Å². The number of nitrogens with one attached hydrogen (secondary N) is 1. The van der Waals surface area contributed by atoms with Gasteiger partial charge >= 0.3 is 0 Å². The molecule has 0 aliphatic heterocycles. The molecule has 0 amide bonds. The van der Waals surface area contributed by atoms with Crippen molar-refractivity contribution in [3.63, 3.8) is 0 Å². The van der Waals surface area contributed by atoms with Crippen LogP contribution in [0.4, 0.5) is 0 Å². The van der Waals surface area contributed by atoms with Crippen LogP contribution < -0.4 is 5.32 Å². The third kappa shape index (κ3) is 2.92. The number of thioether (sulfide) groups is 1. The van der Waals surface area contributed by atoms with Crippen molar-refractivity contribution in [3.05, 3.63) is 18.6 Å². The average Bonchev–Trinajstić information content (AvgIpc) is 2.31. The van der Waals surface area contributed by atoms with Gasteiger partial charge in [0, 0.05) is 23.7 Å². The highest BCUT2D eigenvalue weighted by molar-refractivity contribution is 7.99. The van der Waals surface area contributed by atoms with Crippen molar-refractivity contribution in [3.8, 4) is 0 Å². The maximum absolute atomic E-state index is 4.31. The van der Waals surface area contributed by atoms with E-state index < -0.39 is 0 Å². The maximum Gasteiger partial charge on any atom is 0.115 e. The van der Waals surface area contributed by atoms with Crippen LogP contribution in [0.5, 0.6) is 0 Å². The van der Waals surface area contributed by atoms with E-state index in [1.54, 1.807) is 12.4 Å². The van der Waals surface area contributed by atoms with E-state index in [2.05, 4.69) is 22.3 Å². The van der Waals surface area contributed by atoms with Gasteiger partial charge in [-0.15, -0.1) is 0 Å². The summed E-state index contributed by atoms with van der Waals surface area (Å²) in [5.41, 5.74) is 0. The van der Waals surface area contributed by atoms with Gasteiger partial charge in [-0.1, -0.05) is 24.6 Å². The third-order valence-corrected chi connectivity index (χ3v) is 4.20. The van der Waals surface area contributed by atoms with Crippen LogP contribution in [-0.2, 0) is 0 Å². The Morgan fingerprint density at radius 3 is 2.93 bits per heavy atom. The zero-order valence-electron chi connectivity index (χ0n) is 9.02. The first kappa shape index (κ1) is 10.9. The lowest BCUT2D eigenvalue weighted by Crippen LogP contribution is -2.38. The van der Waals surface area contributed by atoms with Crippen LogP contribution in [0.25, 0.3) is 0 Å². The van der Waals surface area contributed by atoms with E-state index in [-0.39, 0.29) is 0 Å². The van der Waals surface area contributed by atoms with Crippen molar-refractivity contribution in [1.82, 2.24) is 15.3 Å². The molecular weight excluding hydrogens is 206 g/mol. The van der Waals surface area contributed by atoms with Gasteiger partial charge in [0.05, 0.1) is 6.20 Å². The molecule has 2 rings (SSSR count). The minimum Gasteiger partial charge on any atom is -0.316 e. The second-order valence-corrected chi connectivity index (χ2v) is 5.14. The Bertz CT molecular complexity index is 291. The average molecular weight is 223 g/mol. The number of hydrogen-bond donors (Lipinski definition) is 1. The van der Waals surface area contributed by atoms with Crippen molar-refractivity contribution >= 4 is 11.8 Å². The normalized spacial score (nSPS) is 26.5. The predicted octanol–water partition coefficient (Wildman–Crippen LogP) is 2.10. The fourth-order valence-electron chi connectivity index (χ4n) is 2.07. The fraction of sp³-hybridized carbons (Fsp3) is 0.636. The van der Waals surface area contributed by atoms with Crippen LogP contribution in [0.3, 0.4) is 0 Å². The minimum absolute atomic E-state index is 0.630. The summed E-state index contributed by atoms with van der Waals surface area (Å²) < 4.78 is 0. The van der Waals surface area contributed by atoms with Gasteiger partial charge in [0.25, 0.3) is 0 Å². The number of aromatic nitrogens is 2. The summed E-state index contributed by atoms with van der Waals surface area (Å²) in [7, 11) is 2.06. The van der Waals surface area contributed by atoms with Crippen molar-refractivity contribution in [2.45, 2.75) is 42.0 Å². The molecule has 1 N–H and O–H groups in total. The van der Waals surface area contributed by atoms with E-state index in [4.69, 9.17) is 0 Å². The Labute approximate surface area is 95.1 Å². The van der Waals surface area contributed by atoms with Gasteiger partial charge in [-0.2, -0.15) is 0 Å². The Kier molecular flexibility index (Phi) is 3.97. The summed E-state index contributed by atoms with van der Waals surface area (Å²) in [5, 5.41) is 5.10. The summed E-state index contributed by atoms with van der Waals surface area (Å²) in [5.74, 6) is 0. The molecule has 1 aliphatic carbocycles. The summed E-state index contributed by atoms with van der Waals surface area (Å²) in [4.78, 5) is 8.41. The molecule has 0 aromatic carbocycles. The third-order valence-electron chi connectivity index (χ3n) is 2.88. The van der Waals surface area contributed by atoms with Crippen LogP contribution in [0.15, 0.2) is 23.6 Å². The molecule has 1 heterocycles. The second-order valence-electron chi connectivity index (χ2n) is 3.88. The van der Waals surface area contributed by atoms with Gasteiger partial charge in [-0.3, -0.25) is 4.98 Å². The molecule has 1 aromatic heterocycles. The standard InChI is InChI=1S/C11H17N3S/c1-12-9-4-2-3-5-10(9)15-11-8-13-6-7-14-11/h6-10,12H,2-5H2,1H3. The molecule has 15 heavy (non-hydrogen) atoms. The predicted molar refractivity (Wildman–Crippen MR) is 63.0 cm³/mol. The first-order chi connectivity index (χ1) is 7.40. The molecule has 2 unspecified atom stereocenters. The second kappa shape index (κ2) is 5.47. The van der Waals surface area contributed by atoms with Crippen LogP contribution in [0.2, 0.25) is 0 Å². The van der Waals surface area contributed by atoms with Crippen LogP contribution in [0, 0.1) is 0 Å². The molecular formula is C11H17N3S. The zero-order valence-corrected chi connectivity index (χ0v) is 9.83. The Balaban J connectivity index is 1.97. The molecule has 1 aliphatic rings. The molecule has 3 nitrogen and oxygen atoms in total. The quantitative estimate of drug-likeness (QED) is 0.851. The zero-order chi connectivity index (χ0) is 10.5. The van der Waals surface area contributed by atoms with E-state index in [9.17, 15) is 0 Å². The molecule has 0 spiro atoms. The molecule has 4 heteroatoms. The van der Waals surface area contributed by atoms with E-state index in [1.165, 1.54) is 25.7 Å². The summed E-state index contributed by atoms with van der Waals surface area (Å²) in [6.07, 6.45) is 10.6. The topological polar surface area (TPSA) is 37.8 Å². The summed E-state index contributed by atoms with van der Waals surface area (Å²) in [6, 6.07) is 0.630. The van der Waals surface area contributed by atoms with Crippen molar-refractivity contribution < 1.29 is 0 Å². The number of nitrogens with zero attached hydrogens (tertiary/aromatic N) is 2. The van der Waals surface area contributed by atoms with E-state index >= 15 is 0 Å². The summed E-state index contributed by atoms with van der Waals surface area (Å²) in [6.45, 7) is 0. The fourth-order valence-corrected chi connectivity index (χ4v) is 3.34. The highest BCUT2D eigenvalue weighted by Crippen LogP contribution is 2.32. The van der Waals surface area contributed by atoms with Crippen molar-refractivity contribution in [1.29, 1.82) is 0 Å². The molecule has 82 valence electrons. The first-order valence-corrected chi connectivity index (χ1v) is 6.38. The van der Waals surface area contributed by atoms with Crippen molar-refractivity contribution in [2.75, 3.05) is 7.05 Å². The first-order valence-electron chi connectivity index (χ1n) is 5.50. The molecule has 1 saturated carbocycles. The van der Waals surface area contributed by atoms with Gasteiger partial charge in [-0.05, 0) is 19.9 Å². The Morgan fingerprint density at radius 1 is 1.33 bits per heavy atom. The van der Waals surface area contributed by atoms with Crippen LogP contribution >= 0.6 is 11.8 Å². The molecule has 0 saturated heterocycles. The van der Waals surface area contributed by atoms with E-state index in [0.29, 0.717) is 11.3 Å². The maximum atomic E-state index is 4.31. The molecule has 1 aromatic rings. The molecule has 0 bridgehead atoms. The lowest BCUT2D eigenvalue weighted by molar-refractivity contribution is 0.405. The number of rotatable bonds is 3. The van der Waals surface area contributed by atoms with E-state index in [1.807, 2.05) is 18.0 Å². The van der Waals surface area contributed by atoms with Gasteiger partial charge in [0.1, 0.15) is 5.03 Å². The monoisotopic (exact) mass is 223 g/mol. The van der Waals surface area contributed by atoms with Gasteiger partial charge in [0.2, 0.25) is 0 Å². The lowest BCUT2D eigenvalue weighted by atomic mass is 9.95. The Morgan fingerprint density at radius 2 is 2.20 bits per heavy atom. The van der Waals surface area contributed by atoms with Gasteiger partial charge in [0.15, 0.2) is 0 Å². The highest BCUT2D eigenvalue weighted by Gasteiger charge is 2.24. The van der Waals surface area contributed by atoms with Gasteiger partial charge in [-0.25, -0.2) is 4.98 Å². The Hall–Kier alpha value is -0.610. The van der Waals surface area contributed by atoms with Gasteiger partial charge < -0.3 is 5.32 Å². The SMILES string of the molecule is CNC1CCCCC1Sc1cnccn1. The molecule has 2 atom stereocenters. The molecule has 1 fully saturated rings. The highest BCUT2D eigenvalue weighted by atomic mass is 32.2. The lowest BCUT2D eigenvalue weighted by Gasteiger charge is -2.30.